The van der Waals surface area contributed by atoms with Gasteiger partial charge in [-0.2, -0.15) is 0 Å². The van der Waals surface area contributed by atoms with Crippen molar-refractivity contribution < 1.29 is 38.9 Å². The van der Waals surface area contributed by atoms with Gasteiger partial charge in [0.1, 0.15) is 17.7 Å². The van der Waals surface area contributed by atoms with Gasteiger partial charge < -0.3 is 25.0 Å². The zero-order valence-corrected chi connectivity index (χ0v) is 23.2. The van der Waals surface area contributed by atoms with Crippen LogP contribution in [-0.2, 0) is 23.9 Å². The van der Waals surface area contributed by atoms with Crippen LogP contribution in [0.15, 0.2) is 23.8 Å². The molecule has 0 saturated heterocycles. The van der Waals surface area contributed by atoms with E-state index in [-0.39, 0.29) is 41.3 Å². The summed E-state index contributed by atoms with van der Waals surface area (Å²) in [6, 6.07) is 0. The molecule has 0 heterocycles. The van der Waals surface area contributed by atoms with Crippen molar-refractivity contribution in [2.45, 2.75) is 84.5 Å². The van der Waals surface area contributed by atoms with Crippen molar-refractivity contribution >= 4 is 23.6 Å². The van der Waals surface area contributed by atoms with E-state index in [0.29, 0.717) is 12.8 Å². The third-order valence-electron chi connectivity index (χ3n) is 9.72. The molecule has 9 nitrogen and oxygen atoms in total. The highest BCUT2D eigenvalue weighted by atomic mass is 16.6. The van der Waals surface area contributed by atoms with Crippen molar-refractivity contribution in [2.75, 3.05) is 13.2 Å². The summed E-state index contributed by atoms with van der Waals surface area (Å²) >= 11 is 0. The first-order valence-electron chi connectivity index (χ1n) is 13.5. The summed E-state index contributed by atoms with van der Waals surface area (Å²) in [6.07, 6.45) is 5.54. The Kier molecular flexibility index (Phi) is 7.19. The first kappa shape index (κ1) is 28.5. The van der Waals surface area contributed by atoms with Gasteiger partial charge in [-0.25, -0.2) is 4.79 Å². The third kappa shape index (κ3) is 4.62. The lowest BCUT2D eigenvalue weighted by Gasteiger charge is -2.60. The second-order valence-corrected chi connectivity index (χ2v) is 13.0. The summed E-state index contributed by atoms with van der Waals surface area (Å²) in [7, 11) is 0. The van der Waals surface area contributed by atoms with Crippen LogP contribution in [0.1, 0.15) is 67.2 Å². The van der Waals surface area contributed by atoms with Crippen LogP contribution in [0, 0.1) is 34.5 Å². The standard InChI is InChI=1S/C29H41NO8/c1-16-11-18-19-8-10-29(36,23(33)15-37-24(34)14-30-25(35)38-26(2,3)4)28(19,6)22(32)13-21(18)27(5)9-7-17(31)12-20(16)27/h7,9,12,16,18-19,21-22,32,36H,8,10-11,13-15H2,1-6H3,(H,30,35). The molecule has 0 aromatic rings. The van der Waals surface area contributed by atoms with E-state index < -0.39 is 53.7 Å². The number of carbonyl (C=O) groups excluding carboxylic acids is 4. The number of hydrogen-bond donors (Lipinski definition) is 3. The van der Waals surface area contributed by atoms with Gasteiger partial charge in [-0.3, -0.25) is 14.4 Å². The van der Waals surface area contributed by atoms with E-state index in [9.17, 15) is 29.4 Å². The van der Waals surface area contributed by atoms with E-state index in [4.69, 9.17) is 9.47 Å². The number of rotatable bonds is 5. The number of aliphatic hydroxyl groups excluding tert-OH is 1. The summed E-state index contributed by atoms with van der Waals surface area (Å²) in [6.45, 7) is 9.98. The predicted molar refractivity (Wildman–Crippen MR) is 138 cm³/mol. The number of amides is 1. The van der Waals surface area contributed by atoms with Gasteiger partial charge >= 0.3 is 12.1 Å². The fraction of sp³-hybridized carbons (Fsp3) is 0.724. The van der Waals surface area contributed by atoms with E-state index >= 15 is 0 Å². The maximum atomic E-state index is 13.3. The Morgan fingerprint density at radius 3 is 2.50 bits per heavy atom. The molecule has 4 aliphatic rings. The molecule has 4 aliphatic carbocycles. The average molecular weight is 532 g/mol. The third-order valence-corrected chi connectivity index (χ3v) is 9.72. The minimum atomic E-state index is -1.85. The lowest BCUT2D eigenvalue weighted by molar-refractivity contribution is -0.195. The molecule has 0 bridgehead atoms. The quantitative estimate of drug-likeness (QED) is 0.460. The lowest BCUT2D eigenvalue weighted by atomic mass is 9.45. The smallest absolute Gasteiger partial charge is 0.408 e. The molecule has 1 amide bonds. The Balaban J connectivity index is 1.46. The largest absolute Gasteiger partial charge is 0.456 e. The molecule has 9 heteroatoms. The van der Waals surface area contributed by atoms with Crippen LogP contribution in [0.25, 0.3) is 0 Å². The van der Waals surface area contributed by atoms with Crippen molar-refractivity contribution in [3.8, 4) is 0 Å². The highest BCUT2D eigenvalue weighted by molar-refractivity contribution is 6.01. The van der Waals surface area contributed by atoms with Crippen LogP contribution in [-0.4, -0.2) is 64.3 Å². The Morgan fingerprint density at radius 2 is 1.84 bits per heavy atom. The molecular formula is C29H41NO8. The van der Waals surface area contributed by atoms with Crippen LogP contribution < -0.4 is 5.32 Å². The molecule has 0 aliphatic heterocycles. The normalized spacial score (nSPS) is 39.8. The van der Waals surface area contributed by atoms with E-state index in [1.807, 2.05) is 6.08 Å². The first-order chi connectivity index (χ1) is 17.5. The number of allylic oxidation sites excluding steroid dienone is 4. The second-order valence-electron chi connectivity index (χ2n) is 13.0. The molecule has 3 saturated carbocycles. The van der Waals surface area contributed by atoms with Crippen LogP contribution >= 0.6 is 0 Å². The molecule has 3 fully saturated rings. The van der Waals surface area contributed by atoms with Gasteiger partial charge in [-0.15, -0.1) is 0 Å². The number of alkyl carbamates (subject to hydrolysis) is 1. The summed E-state index contributed by atoms with van der Waals surface area (Å²) in [5.74, 6) is -1.20. The zero-order chi connectivity index (χ0) is 28.3. The molecule has 0 aromatic heterocycles. The molecule has 0 aromatic carbocycles. The second kappa shape index (κ2) is 9.59. The number of carbonyl (C=O) groups is 4. The monoisotopic (exact) mass is 531 g/mol. The summed E-state index contributed by atoms with van der Waals surface area (Å²) in [5.41, 5.74) is -2.94. The maximum Gasteiger partial charge on any atom is 0.408 e. The van der Waals surface area contributed by atoms with Crippen LogP contribution in [0.4, 0.5) is 4.79 Å². The lowest BCUT2D eigenvalue weighted by Crippen LogP contribution is -2.64. The van der Waals surface area contributed by atoms with Gasteiger partial charge in [-0.1, -0.05) is 32.4 Å². The fourth-order valence-corrected chi connectivity index (χ4v) is 7.85. The average Bonchev–Trinajstić information content (AvgIpc) is 3.11. The molecule has 0 radical (unpaired) electrons. The number of nitrogens with one attached hydrogen (secondary N) is 1. The van der Waals surface area contributed by atoms with Crippen molar-refractivity contribution in [1.82, 2.24) is 5.32 Å². The number of aliphatic hydroxyl groups is 2. The van der Waals surface area contributed by atoms with Gasteiger partial charge in [0.25, 0.3) is 0 Å². The summed E-state index contributed by atoms with van der Waals surface area (Å²) in [4.78, 5) is 49.4. The predicted octanol–water partition coefficient (Wildman–Crippen LogP) is 2.88. The van der Waals surface area contributed by atoms with Crippen LogP contribution in [0.3, 0.4) is 0 Å². The van der Waals surface area contributed by atoms with Crippen molar-refractivity contribution in [2.24, 2.45) is 34.5 Å². The van der Waals surface area contributed by atoms with Gasteiger partial charge in [0, 0.05) is 10.8 Å². The Bertz CT molecular complexity index is 1090. The number of ether oxygens (including phenoxy) is 2. The van der Waals surface area contributed by atoms with E-state index in [1.54, 1.807) is 39.8 Å². The number of ketones is 2. The molecule has 210 valence electrons. The molecular weight excluding hydrogens is 490 g/mol. The van der Waals surface area contributed by atoms with Gasteiger partial charge in [0.15, 0.2) is 12.4 Å². The fourth-order valence-electron chi connectivity index (χ4n) is 7.85. The number of Topliss-reactive ketones (excluding diaryl/α,β-unsaturated/α-hetero) is 1. The van der Waals surface area contributed by atoms with Gasteiger partial charge in [-0.05, 0) is 82.3 Å². The van der Waals surface area contributed by atoms with E-state index in [1.165, 1.54) is 0 Å². The molecule has 3 N–H and O–H groups in total. The zero-order valence-electron chi connectivity index (χ0n) is 23.2. The Hall–Kier alpha value is -2.52. The van der Waals surface area contributed by atoms with Gasteiger partial charge in [0.2, 0.25) is 5.78 Å². The molecule has 8 atom stereocenters. The molecule has 38 heavy (non-hydrogen) atoms. The Morgan fingerprint density at radius 1 is 1.16 bits per heavy atom. The summed E-state index contributed by atoms with van der Waals surface area (Å²) in [5, 5.41) is 25.6. The maximum absolute atomic E-state index is 13.3. The minimum absolute atomic E-state index is 0.0133. The van der Waals surface area contributed by atoms with E-state index in [2.05, 4.69) is 19.2 Å². The highest BCUT2D eigenvalue weighted by Crippen LogP contribution is 2.67. The molecule has 0 spiro atoms. The van der Waals surface area contributed by atoms with Crippen molar-refractivity contribution in [1.29, 1.82) is 0 Å². The van der Waals surface area contributed by atoms with Crippen LogP contribution in [0.5, 0.6) is 0 Å². The SMILES string of the molecule is CC1CC2C(CC(O)C3(C)C2CCC3(O)C(=O)COC(=O)CNC(=O)OC(C)(C)C)C2(C)C=CC(=O)C=C12. The highest BCUT2D eigenvalue weighted by Gasteiger charge is 2.69. The summed E-state index contributed by atoms with van der Waals surface area (Å²) < 4.78 is 10.2. The molecule has 8 unspecified atom stereocenters. The first-order valence-corrected chi connectivity index (χ1v) is 13.5. The van der Waals surface area contributed by atoms with Crippen LogP contribution in [0.2, 0.25) is 0 Å². The number of fused-ring (bicyclic) bond motifs is 5. The molecule has 4 rings (SSSR count). The topological polar surface area (TPSA) is 139 Å². The Labute approximate surface area is 224 Å². The van der Waals surface area contributed by atoms with E-state index in [0.717, 1.165) is 12.0 Å². The van der Waals surface area contributed by atoms with Crippen molar-refractivity contribution in [3.05, 3.63) is 23.8 Å². The number of esters is 1. The van der Waals surface area contributed by atoms with Gasteiger partial charge in [0.05, 0.1) is 6.10 Å². The number of hydrogen-bond acceptors (Lipinski definition) is 8. The van der Waals surface area contributed by atoms with Crippen molar-refractivity contribution in [3.63, 3.8) is 0 Å². The minimum Gasteiger partial charge on any atom is -0.456 e.